The van der Waals surface area contributed by atoms with Crippen molar-refractivity contribution in [1.82, 2.24) is 0 Å². The zero-order valence-electron chi connectivity index (χ0n) is 6.13. The van der Waals surface area contributed by atoms with E-state index in [1.165, 1.54) is 0 Å². The van der Waals surface area contributed by atoms with Gasteiger partial charge in [0.1, 0.15) is 6.61 Å². The molecule has 0 unspecified atom stereocenters. The van der Waals surface area contributed by atoms with E-state index >= 15 is 0 Å². The first kappa shape index (κ1) is 9.39. The highest BCUT2D eigenvalue weighted by Crippen LogP contribution is 1.77. The Bertz CT molecular complexity index is 95.0. The lowest BCUT2D eigenvalue weighted by molar-refractivity contribution is -0.143. The second-order valence-electron chi connectivity index (χ2n) is 1.62. The molecule has 0 saturated carbocycles. The molecule has 0 aliphatic heterocycles. The predicted octanol–water partition coefficient (Wildman–Crippen LogP) is -0.475. The van der Waals surface area contributed by atoms with Gasteiger partial charge in [-0.1, -0.05) is 0 Å². The normalized spacial score (nSPS) is 9.40. The van der Waals surface area contributed by atoms with Crippen LogP contribution < -0.4 is 5.73 Å². The van der Waals surface area contributed by atoms with Gasteiger partial charge in [0, 0.05) is 6.61 Å². The van der Waals surface area contributed by atoms with Gasteiger partial charge in [-0.05, 0) is 6.92 Å². The first-order chi connectivity index (χ1) is 4.81. The first-order valence-electron chi connectivity index (χ1n) is 3.24. The zero-order chi connectivity index (χ0) is 7.82. The fourth-order valence-corrected chi connectivity index (χ4v) is 0.418. The van der Waals surface area contributed by atoms with Crippen LogP contribution in [-0.2, 0) is 14.3 Å². The second-order valence-corrected chi connectivity index (χ2v) is 1.62. The van der Waals surface area contributed by atoms with Gasteiger partial charge in [-0.2, -0.15) is 0 Å². The molecule has 10 heavy (non-hydrogen) atoms. The van der Waals surface area contributed by atoms with E-state index in [4.69, 9.17) is 10.5 Å². The van der Waals surface area contributed by atoms with Crippen LogP contribution in [0.4, 0.5) is 0 Å². The van der Waals surface area contributed by atoms with Crippen LogP contribution in [0.25, 0.3) is 0 Å². The highest BCUT2D eigenvalue weighted by Gasteiger charge is 1.95. The van der Waals surface area contributed by atoms with Gasteiger partial charge in [-0.25, -0.2) is 0 Å². The number of carbonyl (C=O) groups excluding carboxylic acids is 1. The molecule has 0 aromatic heterocycles. The monoisotopic (exact) mass is 147 g/mol. The van der Waals surface area contributed by atoms with Crippen molar-refractivity contribution in [3.63, 3.8) is 0 Å². The number of carbonyl (C=O) groups is 1. The van der Waals surface area contributed by atoms with Crippen LogP contribution in [0.15, 0.2) is 0 Å². The Kier molecular flexibility index (Phi) is 6.11. The lowest BCUT2D eigenvalue weighted by Gasteiger charge is -2.01. The Labute approximate surface area is 60.3 Å². The molecule has 0 aromatic carbocycles. The fraction of sp³-hybridized carbons (Fsp3) is 0.833. The smallest absolute Gasteiger partial charge is 0.319 e. The van der Waals surface area contributed by atoms with Crippen molar-refractivity contribution in [3.8, 4) is 0 Å². The number of ether oxygens (including phenoxy) is 2. The molecule has 0 fully saturated rings. The summed E-state index contributed by atoms with van der Waals surface area (Å²) in [4.78, 5) is 10.4. The third-order valence-electron chi connectivity index (χ3n) is 0.862. The molecule has 0 radical (unpaired) electrons. The largest absolute Gasteiger partial charge is 0.462 e. The summed E-state index contributed by atoms with van der Waals surface area (Å²) in [6.45, 7) is 3.20. The molecule has 0 amide bonds. The summed E-state index contributed by atoms with van der Waals surface area (Å²) >= 11 is 0. The minimum atomic E-state index is -0.389. The van der Waals surface area contributed by atoms with Crippen LogP contribution in [0.1, 0.15) is 6.92 Å². The molecule has 0 saturated heterocycles. The van der Waals surface area contributed by atoms with E-state index in [-0.39, 0.29) is 12.5 Å². The van der Waals surface area contributed by atoms with E-state index in [9.17, 15) is 4.79 Å². The van der Waals surface area contributed by atoms with Crippen LogP contribution in [-0.4, -0.2) is 32.3 Å². The van der Waals surface area contributed by atoms with Crippen LogP contribution in [0, 0.1) is 0 Å². The summed E-state index contributed by atoms with van der Waals surface area (Å²) in [5.74, 6) is -0.389. The van der Waals surface area contributed by atoms with Crippen LogP contribution in [0.2, 0.25) is 0 Å². The summed E-state index contributed by atoms with van der Waals surface area (Å²) in [7, 11) is 0. The SMILES string of the molecule is CCOCCOC(=O)CN. The van der Waals surface area contributed by atoms with Gasteiger partial charge >= 0.3 is 5.97 Å². The van der Waals surface area contributed by atoms with E-state index in [1.807, 2.05) is 6.92 Å². The summed E-state index contributed by atoms with van der Waals surface area (Å²) < 4.78 is 9.51. The van der Waals surface area contributed by atoms with Gasteiger partial charge in [-0.15, -0.1) is 0 Å². The van der Waals surface area contributed by atoms with Crippen molar-refractivity contribution in [2.24, 2.45) is 5.73 Å². The topological polar surface area (TPSA) is 61.5 Å². The molecule has 4 nitrogen and oxygen atoms in total. The second kappa shape index (κ2) is 6.51. The van der Waals surface area contributed by atoms with Gasteiger partial charge < -0.3 is 15.2 Å². The summed E-state index contributed by atoms with van der Waals surface area (Å²) in [5.41, 5.74) is 4.97. The highest BCUT2D eigenvalue weighted by atomic mass is 16.6. The van der Waals surface area contributed by atoms with E-state index < -0.39 is 0 Å². The van der Waals surface area contributed by atoms with Gasteiger partial charge in [-0.3, -0.25) is 4.79 Å². The summed E-state index contributed by atoms with van der Waals surface area (Å²) in [6.07, 6.45) is 0. The molecule has 0 atom stereocenters. The van der Waals surface area contributed by atoms with E-state index in [0.29, 0.717) is 19.8 Å². The number of nitrogens with two attached hydrogens (primary N) is 1. The Morgan fingerprint density at radius 1 is 1.50 bits per heavy atom. The minimum absolute atomic E-state index is 0.0634. The third kappa shape index (κ3) is 5.53. The lowest BCUT2D eigenvalue weighted by atomic mass is 10.7. The van der Waals surface area contributed by atoms with Crippen LogP contribution in [0.3, 0.4) is 0 Å². The molecular weight excluding hydrogens is 134 g/mol. The number of hydrogen-bond acceptors (Lipinski definition) is 4. The van der Waals surface area contributed by atoms with Crippen molar-refractivity contribution in [2.75, 3.05) is 26.4 Å². The molecule has 0 heterocycles. The van der Waals surface area contributed by atoms with E-state index in [2.05, 4.69) is 4.74 Å². The van der Waals surface area contributed by atoms with E-state index in [0.717, 1.165) is 0 Å². The zero-order valence-corrected chi connectivity index (χ0v) is 6.13. The molecule has 2 N–H and O–H groups in total. The molecule has 60 valence electrons. The van der Waals surface area contributed by atoms with Gasteiger partial charge in [0.2, 0.25) is 0 Å². The van der Waals surface area contributed by atoms with Gasteiger partial charge in [0.25, 0.3) is 0 Å². The molecule has 0 spiro atoms. The maximum Gasteiger partial charge on any atom is 0.319 e. The van der Waals surface area contributed by atoms with Gasteiger partial charge in [0.05, 0.1) is 13.2 Å². The van der Waals surface area contributed by atoms with Crippen molar-refractivity contribution in [2.45, 2.75) is 6.92 Å². The van der Waals surface area contributed by atoms with Crippen LogP contribution >= 0.6 is 0 Å². The molecule has 4 heteroatoms. The fourth-order valence-electron chi connectivity index (χ4n) is 0.418. The number of hydrogen-bond donors (Lipinski definition) is 1. The summed E-state index contributed by atoms with van der Waals surface area (Å²) in [6, 6.07) is 0. The van der Waals surface area contributed by atoms with Gasteiger partial charge in [0.15, 0.2) is 0 Å². The maximum absolute atomic E-state index is 10.4. The molecule has 0 bridgehead atoms. The number of rotatable bonds is 5. The molecule has 0 aliphatic rings. The quantitative estimate of drug-likeness (QED) is 0.421. The lowest BCUT2D eigenvalue weighted by Crippen LogP contribution is -2.18. The summed E-state index contributed by atoms with van der Waals surface area (Å²) in [5, 5.41) is 0. The Balaban J connectivity index is 2.96. The standard InChI is InChI=1S/C6H13NO3/c1-2-9-3-4-10-6(8)5-7/h2-5,7H2,1H3. The highest BCUT2D eigenvalue weighted by molar-refractivity contribution is 5.71. The molecule has 0 aromatic rings. The van der Waals surface area contributed by atoms with Crippen molar-refractivity contribution < 1.29 is 14.3 Å². The number of esters is 1. The van der Waals surface area contributed by atoms with Crippen LogP contribution in [0.5, 0.6) is 0 Å². The Morgan fingerprint density at radius 3 is 2.70 bits per heavy atom. The Hall–Kier alpha value is -0.610. The molecule has 0 rings (SSSR count). The maximum atomic E-state index is 10.4. The predicted molar refractivity (Wildman–Crippen MR) is 36.5 cm³/mol. The molecular formula is C6H13NO3. The van der Waals surface area contributed by atoms with E-state index in [1.54, 1.807) is 0 Å². The first-order valence-corrected chi connectivity index (χ1v) is 3.24. The minimum Gasteiger partial charge on any atom is -0.462 e. The Morgan fingerprint density at radius 2 is 2.20 bits per heavy atom. The van der Waals surface area contributed by atoms with Crippen molar-refractivity contribution in [3.05, 3.63) is 0 Å². The average molecular weight is 147 g/mol. The van der Waals surface area contributed by atoms with Crippen molar-refractivity contribution >= 4 is 5.97 Å². The average Bonchev–Trinajstić information content (AvgIpc) is 1.98. The molecule has 0 aliphatic carbocycles. The third-order valence-corrected chi connectivity index (χ3v) is 0.862. The van der Waals surface area contributed by atoms with Crippen molar-refractivity contribution in [1.29, 1.82) is 0 Å².